The van der Waals surface area contributed by atoms with Crippen molar-refractivity contribution >= 4 is 11.4 Å². The van der Waals surface area contributed by atoms with Gasteiger partial charge in [0.15, 0.2) is 0 Å². The predicted molar refractivity (Wildman–Crippen MR) is 73.9 cm³/mol. The largest absolute Gasteiger partial charge is 0.495 e. The number of anilines is 2. The Morgan fingerprint density at radius 2 is 2.28 bits per heavy atom. The normalized spacial score (nSPS) is 23.7. The molecule has 0 saturated heterocycles. The van der Waals surface area contributed by atoms with Crippen LogP contribution in [0, 0.1) is 5.92 Å². The van der Waals surface area contributed by atoms with E-state index in [4.69, 9.17) is 10.5 Å². The molecule has 1 saturated carbocycles. The first-order chi connectivity index (χ1) is 8.70. The third-order valence-corrected chi connectivity index (χ3v) is 3.62. The first-order valence-electron chi connectivity index (χ1n) is 6.55. The summed E-state index contributed by atoms with van der Waals surface area (Å²) in [5, 5.41) is 13.0. The molecule has 1 fully saturated rings. The van der Waals surface area contributed by atoms with Crippen LogP contribution in [0.3, 0.4) is 0 Å². The van der Waals surface area contributed by atoms with Gasteiger partial charge in [-0.2, -0.15) is 0 Å². The summed E-state index contributed by atoms with van der Waals surface area (Å²) in [6.45, 7) is 0.856. The fraction of sp³-hybridized carbons (Fsp3) is 0.571. The highest BCUT2D eigenvalue weighted by molar-refractivity contribution is 5.72. The quantitative estimate of drug-likeness (QED) is 0.717. The Labute approximate surface area is 108 Å². The topological polar surface area (TPSA) is 67.5 Å². The van der Waals surface area contributed by atoms with Gasteiger partial charge in [-0.3, -0.25) is 0 Å². The third-order valence-electron chi connectivity index (χ3n) is 3.62. The second-order valence-electron chi connectivity index (χ2n) is 4.99. The molecule has 0 bridgehead atoms. The van der Waals surface area contributed by atoms with Crippen molar-refractivity contribution in [2.45, 2.75) is 31.8 Å². The summed E-state index contributed by atoms with van der Waals surface area (Å²) in [6, 6.07) is 5.73. The van der Waals surface area contributed by atoms with Crippen molar-refractivity contribution in [1.82, 2.24) is 0 Å². The number of nitrogens with two attached hydrogens (primary N) is 1. The highest BCUT2D eigenvalue weighted by Crippen LogP contribution is 2.30. The number of rotatable bonds is 4. The summed E-state index contributed by atoms with van der Waals surface area (Å²) in [4.78, 5) is 0. The molecule has 2 unspecified atom stereocenters. The number of aliphatic hydroxyl groups excluding tert-OH is 1. The Morgan fingerprint density at radius 1 is 1.44 bits per heavy atom. The molecule has 18 heavy (non-hydrogen) atoms. The van der Waals surface area contributed by atoms with Crippen LogP contribution in [0.5, 0.6) is 5.75 Å². The summed E-state index contributed by atoms with van der Waals surface area (Å²) in [5.74, 6) is 1.23. The first-order valence-corrected chi connectivity index (χ1v) is 6.55. The third kappa shape index (κ3) is 3.07. The molecule has 4 nitrogen and oxygen atoms in total. The Hall–Kier alpha value is -1.42. The van der Waals surface area contributed by atoms with E-state index in [-0.39, 0.29) is 6.10 Å². The summed E-state index contributed by atoms with van der Waals surface area (Å²) in [7, 11) is 1.62. The number of benzene rings is 1. The average molecular weight is 250 g/mol. The maximum absolute atomic E-state index is 9.64. The van der Waals surface area contributed by atoms with Crippen LogP contribution in [0.1, 0.15) is 25.7 Å². The number of ether oxygens (including phenoxy) is 1. The van der Waals surface area contributed by atoms with Crippen LogP contribution in [-0.4, -0.2) is 24.9 Å². The minimum Gasteiger partial charge on any atom is -0.495 e. The van der Waals surface area contributed by atoms with E-state index in [0.29, 0.717) is 17.4 Å². The van der Waals surface area contributed by atoms with Gasteiger partial charge in [-0.05, 0) is 37.3 Å². The van der Waals surface area contributed by atoms with Crippen molar-refractivity contribution in [1.29, 1.82) is 0 Å². The van der Waals surface area contributed by atoms with Crippen LogP contribution >= 0.6 is 0 Å². The van der Waals surface area contributed by atoms with Crippen LogP contribution in [0.4, 0.5) is 11.4 Å². The molecule has 4 heteroatoms. The van der Waals surface area contributed by atoms with Crippen molar-refractivity contribution in [2.24, 2.45) is 5.92 Å². The maximum Gasteiger partial charge on any atom is 0.143 e. The van der Waals surface area contributed by atoms with Gasteiger partial charge in [0.25, 0.3) is 0 Å². The lowest BCUT2D eigenvalue weighted by Crippen LogP contribution is -2.25. The number of methoxy groups -OCH3 is 1. The minimum atomic E-state index is -0.131. The van der Waals surface area contributed by atoms with Gasteiger partial charge in [-0.1, -0.05) is 12.5 Å². The second-order valence-corrected chi connectivity index (χ2v) is 4.99. The Bertz CT molecular complexity index is 395. The highest BCUT2D eigenvalue weighted by Gasteiger charge is 2.20. The standard InChI is InChI=1S/C14H22N2O2/c1-18-13-7-3-6-12(14(13)15)16-9-10-4-2-5-11(17)8-10/h3,6-7,10-11,16-17H,2,4-5,8-9,15H2,1H3. The molecule has 4 N–H and O–H groups in total. The monoisotopic (exact) mass is 250 g/mol. The van der Waals surface area contributed by atoms with Gasteiger partial charge in [0.1, 0.15) is 5.75 Å². The van der Waals surface area contributed by atoms with Gasteiger partial charge in [0.2, 0.25) is 0 Å². The lowest BCUT2D eigenvalue weighted by Gasteiger charge is -2.26. The van der Waals surface area contributed by atoms with Crippen LogP contribution in [-0.2, 0) is 0 Å². The number of hydrogen-bond donors (Lipinski definition) is 3. The molecule has 2 rings (SSSR count). The van der Waals surface area contributed by atoms with Crippen molar-refractivity contribution in [2.75, 3.05) is 24.7 Å². The number of aliphatic hydroxyl groups is 1. The van der Waals surface area contributed by atoms with E-state index in [9.17, 15) is 5.11 Å². The maximum atomic E-state index is 9.64. The predicted octanol–water partition coefficient (Wildman–Crippen LogP) is 2.24. The molecule has 100 valence electrons. The van der Waals surface area contributed by atoms with Crippen LogP contribution in [0.25, 0.3) is 0 Å². The lowest BCUT2D eigenvalue weighted by atomic mass is 9.87. The molecule has 1 aromatic rings. The van der Waals surface area contributed by atoms with Crippen LogP contribution in [0.2, 0.25) is 0 Å². The molecule has 0 aliphatic heterocycles. The first kappa shape index (κ1) is 13.0. The molecule has 0 amide bonds. The Kier molecular flexibility index (Phi) is 4.31. The smallest absolute Gasteiger partial charge is 0.143 e. The molecular weight excluding hydrogens is 228 g/mol. The summed E-state index contributed by atoms with van der Waals surface area (Å²) < 4.78 is 5.19. The van der Waals surface area contributed by atoms with Crippen molar-refractivity contribution in [3.8, 4) is 5.75 Å². The van der Waals surface area contributed by atoms with Gasteiger partial charge in [-0.15, -0.1) is 0 Å². The van der Waals surface area contributed by atoms with E-state index >= 15 is 0 Å². The number of nitrogens with one attached hydrogen (secondary N) is 1. The molecule has 2 atom stereocenters. The Balaban J connectivity index is 1.93. The minimum absolute atomic E-state index is 0.131. The van der Waals surface area contributed by atoms with Gasteiger partial charge >= 0.3 is 0 Å². The number of nitrogen functional groups attached to an aromatic ring is 1. The molecule has 0 spiro atoms. The van der Waals surface area contributed by atoms with Crippen LogP contribution < -0.4 is 15.8 Å². The fourth-order valence-corrected chi connectivity index (χ4v) is 2.58. The van der Waals surface area contributed by atoms with Crippen molar-refractivity contribution < 1.29 is 9.84 Å². The molecular formula is C14H22N2O2. The SMILES string of the molecule is COc1cccc(NCC2CCCC(O)C2)c1N. The highest BCUT2D eigenvalue weighted by atomic mass is 16.5. The molecule has 0 heterocycles. The van der Waals surface area contributed by atoms with E-state index in [2.05, 4.69) is 5.32 Å². The fourth-order valence-electron chi connectivity index (χ4n) is 2.58. The molecule has 1 aliphatic rings. The van der Waals surface area contributed by atoms with Crippen molar-refractivity contribution in [3.05, 3.63) is 18.2 Å². The zero-order valence-electron chi connectivity index (χ0n) is 10.9. The van der Waals surface area contributed by atoms with E-state index in [1.54, 1.807) is 7.11 Å². The van der Waals surface area contributed by atoms with Crippen molar-refractivity contribution in [3.63, 3.8) is 0 Å². The van der Waals surface area contributed by atoms with E-state index in [1.807, 2.05) is 18.2 Å². The zero-order chi connectivity index (χ0) is 13.0. The average Bonchev–Trinajstić information content (AvgIpc) is 2.38. The van der Waals surface area contributed by atoms with Gasteiger partial charge in [0, 0.05) is 6.54 Å². The van der Waals surface area contributed by atoms with Crippen LogP contribution in [0.15, 0.2) is 18.2 Å². The molecule has 0 radical (unpaired) electrons. The van der Waals surface area contributed by atoms with Gasteiger partial charge in [0.05, 0.1) is 24.6 Å². The summed E-state index contributed by atoms with van der Waals surface area (Å²) >= 11 is 0. The number of hydrogen-bond acceptors (Lipinski definition) is 4. The lowest BCUT2D eigenvalue weighted by molar-refractivity contribution is 0.105. The second kappa shape index (κ2) is 5.96. The molecule has 1 aliphatic carbocycles. The summed E-state index contributed by atoms with van der Waals surface area (Å²) in [6.07, 6.45) is 3.98. The Morgan fingerprint density at radius 3 is 3.00 bits per heavy atom. The van der Waals surface area contributed by atoms with Gasteiger partial charge in [-0.25, -0.2) is 0 Å². The van der Waals surface area contributed by atoms with E-state index in [0.717, 1.165) is 31.5 Å². The molecule has 0 aromatic heterocycles. The van der Waals surface area contributed by atoms with Gasteiger partial charge < -0.3 is 20.9 Å². The zero-order valence-corrected chi connectivity index (χ0v) is 10.9. The van der Waals surface area contributed by atoms with E-state index in [1.165, 1.54) is 6.42 Å². The summed E-state index contributed by atoms with van der Waals surface area (Å²) in [5.41, 5.74) is 7.56. The number of para-hydroxylation sites is 1. The molecule has 1 aromatic carbocycles. The van der Waals surface area contributed by atoms with E-state index < -0.39 is 0 Å².